The van der Waals surface area contributed by atoms with Crippen LogP contribution in [0.2, 0.25) is 10.0 Å². The maximum Gasteiger partial charge on any atom is 0.264 e. The number of nitrogens with one attached hydrogen (secondary N) is 2. The summed E-state index contributed by atoms with van der Waals surface area (Å²) in [5.41, 5.74) is 1.47. The summed E-state index contributed by atoms with van der Waals surface area (Å²) < 4.78 is 28.0. The van der Waals surface area contributed by atoms with Crippen LogP contribution in [0.15, 0.2) is 71.6 Å². The van der Waals surface area contributed by atoms with Crippen molar-refractivity contribution in [3.63, 3.8) is 0 Å². The Labute approximate surface area is 215 Å². The van der Waals surface area contributed by atoms with E-state index in [0.29, 0.717) is 6.54 Å². The first-order valence-corrected chi connectivity index (χ1v) is 13.0. The summed E-state index contributed by atoms with van der Waals surface area (Å²) in [7, 11) is -4.19. The molecular weight excluding hydrogens is 509 g/mol. The van der Waals surface area contributed by atoms with E-state index in [0.717, 1.165) is 16.3 Å². The third kappa shape index (κ3) is 6.54. The first-order chi connectivity index (χ1) is 16.6. The molecule has 0 spiro atoms. The number of aryl methyl sites for hydroxylation is 1. The molecule has 0 radical (unpaired) electrons. The van der Waals surface area contributed by atoms with Crippen molar-refractivity contribution in [2.45, 2.75) is 25.2 Å². The minimum absolute atomic E-state index is 0.00807. The Balaban J connectivity index is 1.96. The minimum atomic E-state index is -4.19. The summed E-state index contributed by atoms with van der Waals surface area (Å²) in [5, 5.41) is 5.78. The van der Waals surface area contributed by atoms with Gasteiger partial charge in [0.15, 0.2) is 0 Å². The maximum atomic E-state index is 13.6. The molecule has 10 heteroatoms. The molecule has 0 fully saturated rings. The van der Waals surface area contributed by atoms with E-state index in [2.05, 4.69) is 10.6 Å². The van der Waals surface area contributed by atoms with Gasteiger partial charge in [-0.15, -0.1) is 0 Å². The molecule has 0 bridgehead atoms. The standard InChI is InChI=1S/C25H25Cl2N3O4S/c1-3-14-28-25(32)20-6-4-5-7-22(20)29-24(31)16-30(23-15-18(26)10-13-21(23)27)35(33,34)19-11-8-17(2)9-12-19/h4-13,15H,3,14,16H2,1-2H3,(H,28,32)(H,29,31). The average molecular weight is 534 g/mol. The molecule has 3 aromatic carbocycles. The second kappa shape index (κ2) is 11.6. The Bertz CT molecular complexity index is 1330. The van der Waals surface area contributed by atoms with Crippen molar-refractivity contribution in [1.82, 2.24) is 5.32 Å². The van der Waals surface area contributed by atoms with Gasteiger partial charge in [-0.05, 0) is 55.8 Å². The second-order valence-corrected chi connectivity index (χ2v) is 10.5. The molecule has 0 aliphatic rings. The highest BCUT2D eigenvalue weighted by Gasteiger charge is 2.29. The number of carbonyl (C=O) groups excluding carboxylic acids is 2. The molecular formula is C25H25Cl2N3O4S. The van der Waals surface area contributed by atoms with Gasteiger partial charge in [0.1, 0.15) is 6.54 Å². The largest absolute Gasteiger partial charge is 0.352 e. The van der Waals surface area contributed by atoms with Gasteiger partial charge in [-0.25, -0.2) is 8.42 Å². The van der Waals surface area contributed by atoms with Gasteiger partial charge < -0.3 is 10.6 Å². The minimum Gasteiger partial charge on any atom is -0.352 e. The van der Waals surface area contributed by atoms with E-state index in [9.17, 15) is 18.0 Å². The van der Waals surface area contributed by atoms with Crippen LogP contribution in [0.3, 0.4) is 0 Å². The van der Waals surface area contributed by atoms with E-state index in [1.807, 2.05) is 13.8 Å². The highest BCUT2D eigenvalue weighted by Crippen LogP contribution is 2.33. The summed E-state index contributed by atoms with van der Waals surface area (Å²) in [6.45, 7) is 3.65. The molecule has 184 valence electrons. The van der Waals surface area contributed by atoms with Gasteiger partial charge >= 0.3 is 0 Å². The van der Waals surface area contributed by atoms with Gasteiger partial charge in [0.2, 0.25) is 5.91 Å². The number of benzene rings is 3. The third-order valence-corrected chi connectivity index (χ3v) is 7.38. The quantitative estimate of drug-likeness (QED) is 0.391. The number of hydrogen-bond donors (Lipinski definition) is 2. The molecule has 2 N–H and O–H groups in total. The fourth-order valence-corrected chi connectivity index (χ4v) is 5.13. The summed E-state index contributed by atoms with van der Waals surface area (Å²) in [5.74, 6) is -1.00. The Kier molecular flexibility index (Phi) is 8.77. The molecule has 0 aliphatic carbocycles. The third-order valence-electron chi connectivity index (χ3n) is 5.05. The number of anilines is 2. The topological polar surface area (TPSA) is 95.6 Å². The van der Waals surface area contributed by atoms with Crippen molar-refractivity contribution in [2.24, 2.45) is 0 Å². The van der Waals surface area contributed by atoms with Gasteiger partial charge in [-0.1, -0.05) is 60.0 Å². The SMILES string of the molecule is CCCNC(=O)c1ccccc1NC(=O)CN(c1cc(Cl)ccc1Cl)S(=O)(=O)c1ccc(C)cc1. The van der Waals surface area contributed by atoms with Crippen molar-refractivity contribution >= 4 is 56.4 Å². The Morgan fingerprint density at radius 3 is 2.34 bits per heavy atom. The number of nitrogens with zero attached hydrogens (tertiary/aromatic N) is 1. The lowest BCUT2D eigenvalue weighted by Crippen LogP contribution is -2.38. The fraction of sp³-hybridized carbons (Fsp3) is 0.200. The summed E-state index contributed by atoms with van der Waals surface area (Å²) in [6.07, 6.45) is 0.756. The summed E-state index contributed by atoms with van der Waals surface area (Å²) in [6, 6.07) is 17.1. The highest BCUT2D eigenvalue weighted by molar-refractivity contribution is 7.92. The fourth-order valence-electron chi connectivity index (χ4n) is 3.26. The Hall–Kier alpha value is -3.07. The number of amides is 2. The van der Waals surface area contributed by atoms with E-state index in [1.54, 1.807) is 36.4 Å². The van der Waals surface area contributed by atoms with Gasteiger partial charge in [-0.3, -0.25) is 13.9 Å². The molecule has 2 amide bonds. The summed E-state index contributed by atoms with van der Waals surface area (Å²) >= 11 is 12.4. The van der Waals surface area contributed by atoms with Crippen LogP contribution < -0.4 is 14.9 Å². The second-order valence-electron chi connectivity index (χ2n) is 7.77. The lowest BCUT2D eigenvalue weighted by Gasteiger charge is -2.25. The molecule has 0 aliphatic heterocycles. The van der Waals surface area contributed by atoms with Crippen LogP contribution in [-0.4, -0.2) is 33.3 Å². The van der Waals surface area contributed by atoms with E-state index in [-0.39, 0.29) is 37.8 Å². The number of sulfonamides is 1. The maximum absolute atomic E-state index is 13.6. The van der Waals surface area contributed by atoms with Crippen molar-refractivity contribution in [3.8, 4) is 0 Å². The van der Waals surface area contributed by atoms with Gasteiger partial charge in [0, 0.05) is 11.6 Å². The molecule has 0 unspecified atom stereocenters. The van der Waals surface area contributed by atoms with Crippen LogP contribution in [0, 0.1) is 6.92 Å². The van der Waals surface area contributed by atoms with Crippen LogP contribution >= 0.6 is 23.2 Å². The van der Waals surface area contributed by atoms with Gasteiger partial charge in [0.05, 0.1) is 26.9 Å². The average Bonchev–Trinajstić information content (AvgIpc) is 2.83. The van der Waals surface area contributed by atoms with Crippen LogP contribution in [0.1, 0.15) is 29.3 Å². The predicted octanol–water partition coefficient (Wildman–Crippen LogP) is 5.28. The van der Waals surface area contributed by atoms with Crippen molar-refractivity contribution in [2.75, 3.05) is 22.7 Å². The molecule has 3 aromatic rings. The Morgan fingerprint density at radius 2 is 1.66 bits per heavy atom. The van der Waals surface area contributed by atoms with Gasteiger partial charge in [0.25, 0.3) is 15.9 Å². The van der Waals surface area contributed by atoms with Crippen LogP contribution in [0.5, 0.6) is 0 Å². The van der Waals surface area contributed by atoms with E-state index >= 15 is 0 Å². The molecule has 0 saturated carbocycles. The number of rotatable bonds is 9. The van der Waals surface area contributed by atoms with Crippen molar-refractivity contribution in [1.29, 1.82) is 0 Å². The van der Waals surface area contributed by atoms with Gasteiger partial charge in [-0.2, -0.15) is 0 Å². The number of para-hydroxylation sites is 1. The van der Waals surface area contributed by atoms with Crippen molar-refractivity contribution < 1.29 is 18.0 Å². The zero-order chi connectivity index (χ0) is 25.6. The van der Waals surface area contributed by atoms with Crippen LogP contribution in [0.25, 0.3) is 0 Å². The molecule has 0 saturated heterocycles. The normalized spacial score (nSPS) is 11.1. The smallest absolute Gasteiger partial charge is 0.264 e. The molecule has 7 nitrogen and oxygen atoms in total. The monoisotopic (exact) mass is 533 g/mol. The van der Waals surface area contributed by atoms with E-state index < -0.39 is 22.5 Å². The highest BCUT2D eigenvalue weighted by atomic mass is 35.5. The molecule has 0 atom stereocenters. The first-order valence-electron chi connectivity index (χ1n) is 10.8. The van der Waals surface area contributed by atoms with E-state index in [4.69, 9.17) is 23.2 Å². The molecule has 0 aromatic heterocycles. The Morgan fingerprint density at radius 1 is 0.971 bits per heavy atom. The van der Waals surface area contributed by atoms with Crippen molar-refractivity contribution in [3.05, 3.63) is 87.9 Å². The molecule has 0 heterocycles. The number of halogens is 2. The number of hydrogen-bond acceptors (Lipinski definition) is 4. The summed E-state index contributed by atoms with van der Waals surface area (Å²) in [4.78, 5) is 25.6. The number of carbonyl (C=O) groups is 2. The van der Waals surface area contributed by atoms with Crippen LogP contribution in [-0.2, 0) is 14.8 Å². The van der Waals surface area contributed by atoms with Crippen LogP contribution in [0.4, 0.5) is 11.4 Å². The lowest BCUT2D eigenvalue weighted by atomic mass is 10.1. The predicted molar refractivity (Wildman–Crippen MR) is 140 cm³/mol. The zero-order valence-corrected chi connectivity index (χ0v) is 21.5. The molecule has 3 rings (SSSR count). The zero-order valence-electron chi connectivity index (χ0n) is 19.2. The van der Waals surface area contributed by atoms with E-state index in [1.165, 1.54) is 30.3 Å². The lowest BCUT2D eigenvalue weighted by molar-refractivity contribution is -0.114. The molecule has 35 heavy (non-hydrogen) atoms. The first kappa shape index (κ1) is 26.5.